The van der Waals surface area contributed by atoms with E-state index in [1.54, 1.807) is 0 Å². The molecule has 1 heterocycles. The number of carbonyl (C=O) groups is 1. The van der Waals surface area contributed by atoms with E-state index in [2.05, 4.69) is 4.90 Å². The van der Waals surface area contributed by atoms with Crippen molar-refractivity contribution in [2.45, 2.75) is 45.4 Å². The Bertz CT molecular complexity index is 225. The van der Waals surface area contributed by atoms with Crippen LogP contribution in [0.3, 0.4) is 0 Å². The zero-order chi connectivity index (χ0) is 13.2. The lowest BCUT2D eigenvalue weighted by Crippen LogP contribution is -2.37. The molecule has 0 radical (unpaired) electrons. The molecule has 4 heteroatoms. The third-order valence-corrected chi connectivity index (χ3v) is 3.59. The summed E-state index contributed by atoms with van der Waals surface area (Å²) in [5.41, 5.74) is 0. The van der Waals surface area contributed by atoms with Crippen LogP contribution in [0.5, 0.6) is 0 Å². The van der Waals surface area contributed by atoms with E-state index in [4.69, 9.17) is 9.84 Å². The fourth-order valence-electron chi connectivity index (χ4n) is 2.45. The van der Waals surface area contributed by atoms with Crippen molar-refractivity contribution >= 4 is 5.97 Å². The molecule has 0 aromatic heterocycles. The summed E-state index contributed by atoms with van der Waals surface area (Å²) in [7, 11) is 0. The Balaban J connectivity index is 2.06. The maximum atomic E-state index is 11.6. The summed E-state index contributed by atoms with van der Waals surface area (Å²) in [6, 6.07) is 0. The van der Waals surface area contributed by atoms with Crippen LogP contribution in [-0.2, 0) is 9.53 Å². The van der Waals surface area contributed by atoms with Crippen molar-refractivity contribution in [1.29, 1.82) is 0 Å². The summed E-state index contributed by atoms with van der Waals surface area (Å²) in [5.74, 6) is 0.107. The van der Waals surface area contributed by atoms with Gasteiger partial charge in [0, 0.05) is 6.61 Å². The van der Waals surface area contributed by atoms with E-state index in [0.717, 1.165) is 45.3 Å². The van der Waals surface area contributed by atoms with Crippen molar-refractivity contribution in [3.05, 3.63) is 0 Å². The molecule has 18 heavy (non-hydrogen) atoms. The lowest BCUT2D eigenvalue weighted by molar-refractivity contribution is -0.149. The van der Waals surface area contributed by atoms with Crippen LogP contribution in [0.15, 0.2) is 0 Å². The van der Waals surface area contributed by atoms with Crippen LogP contribution in [0.1, 0.15) is 45.4 Å². The number of carbonyl (C=O) groups excluding carboxylic acids is 1. The van der Waals surface area contributed by atoms with Crippen molar-refractivity contribution in [1.82, 2.24) is 4.90 Å². The van der Waals surface area contributed by atoms with Crippen molar-refractivity contribution in [2.75, 3.05) is 32.8 Å². The molecular formula is C14H27NO3. The van der Waals surface area contributed by atoms with E-state index >= 15 is 0 Å². The third kappa shape index (κ3) is 5.83. The number of ether oxygens (including phenoxy) is 1. The molecule has 0 aromatic carbocycles. The minimum atomic E-state index is -0.0138. The largest absolute Gasteiger partial charge is 0.466 e. The molecule has 0 atom stereocenters. The number of nitrogens with zero attached hydrogens (tertiary/aromatic N) is 1. The number of aliphatic hydroxyl groups is 1. The predicted octanol–water partition coefficient (Wildman–Crippen LogP) is 1.81. The van der Waals surface area contributed by atoms with Gasteiger partial charge in [-0.2, -0.15) is 0 Å². The molecule has 0 unspecified atom stereocenters. The molecule has 0 spiro atoms. The van der Waals surface area contributed by atoms with Crippen molar-refractivity contribution in [3.8, 4) is 0 Å². The van der Waals surface area contributed by atoms with Gasteiger partial charge in [-0.3, -0.25) is 4.79 Å². The molecule has 1 aliphatic heterocycles. The summed E-state index contributed by atoms with van der Waals surface area (Å²) >= 11 is 0. The molecule has 1 rings (SSSR count). The number of unbranched alkanes of at least 4 members (excludes halogenated alkanes) is 3. The topological polar surface area (TPSA) is 49.8 Å². The van der Waals surface area contributed by atoms with Crippen molar-refractivity contribution < 1.29 is 14.6 Å². The summed E-state index contributed by atoms with van der Waals surface area (Å²) in [5, 5.41) is 8.68. The average molecular weight is 257 g/mol. The Morgan fingerprint density at radius 2 is 1.89 bits per heavy atom. The molecular weight excluding hydrogens is 230 g/mol. The van der Waals surface area contributed by atoms with Crippen LogP contribution in [0.4, 0.5) is 0 Å². The number of rotatable bonds is 8. The second-order valence-electron chi connectivity index (χ2n) is 5.01. The summed E-state index contributed by atoms with van der Waals surface area (Å²) in [6.45, 7) is 5.82. The average Bonchev–Trinajstić information content (AvgIpc) is 2.39. The van der Waals surface area contributed by atoms with Crippen molar-refractivity contribution in [3.63, 3.8) is 0 Å². The predicted molar refractivity (Wildman–Crippen MR) is 71.4 cm³/mol. The van der Waals surface area contributed by atoms with Crippen LogP contribution >= 0.6 is 0 Å². The molecule has 0 aliphatic carbocycles. The van der Waals surface area contributed by atoms with Gasteiger partial charge < -0.3 is 14.7 Å². The van der Waals surface area contributed by atoms with Crippen LogP contribution in [0.25, 0.3) is 0 Å². The Morgan fingerprint density at radius 3 is 2.50 bits per heavy atom. The summed E-state index contributed by atoms with van der Waals surface area (Å²) in [4.78, 5) is 14.0. The fraction of sp³-hybridized carbons (Fsp3) is 0.929. The monoisotopic (exact) mass is 257 g/mol. The van der Waals surface area contributed by atoms with Gasteiger partial charge in [-0.15, -0.1) is 0 Å². The maximum Gasteiger partial charge on any atom is 0.309 e. The quantitative estimate of drug-likeness (QED) is 0.532. The van der Waals surface area contributed by atoms with E-state index < -0.39 is 0 Å². The molecule has 1 aliphatic rings. The van der Waals surface area contributed by atoms with Gasteiger partial charge in [-0.05, 0) is 52.2 Å². The molecule has 4 nitrogen and oxygen atoms in total. The molecule has 1 saturated heterocycles. The van der Waals surface area contributed by atoms with Gasteiger partial charge in [0.1, 0.15) is 0 Å². The first-order chi connectivity index (χ1) is 8.77. The standard InChI is InChI=1S/C14H27NO3/c1-2-18-14(17)13-7-10-15(11-8-13)9-5-3-4-6-12-16/h13,16H,2-12H2,1H3. The van der Waals surface area contributed by atoms with Crippen LogP contribution < -0.4 is 0 Å². The molecule has 106 valence electrons. The zero-order valence-electron chi connectivity index (χ0n) is 11.6. The Labute approximate surface area is 110 Å². The number of aliphatic hydroxyl groups excluding tert-OH is 1. The van der Waals surface area contributed by atoms with Gasteiger partial charge in [0.05, 0.1) is 12.5 Å². The molecule has 0 amide bonds. The van der Waals surface area contributed by atoms with Gasteiger partial charge in [0.15, 0.2) is 0 Å². The fourth-order valence-corrected chi connectivity index (χ4v) is 2.45. The molecule has 1 N–H and O–H groups in total. The van der Waals surface area contributed by atoms with Gasteiger partial charge in [-0.25, -0.2) is 0 Å². The van der Waals surface area contributed by atoms with Gasteiger partial charge in [-0.1, -0.05) is 12.8 Å². The third-order valence-electron chi connectivity index (χ3n) is 3.59. The molecule has 0 saturated carbocycles. The minimum Gasteiger partial charge on any atom is -0.466 e. The van der Waals surface area contributed by atoms with E-state index in [9.17, 15) is 4.79 Å². The number of piperidine rings is 1. The number of hydrogen-bond acceptors (Lipinski definition) is 4. The second-order valence-corrected chi connectivity index (χ2v) is 5.01. The summed E-state index contributed by atoms with van der Waals surface area (Å²) in [6.07, 6.45) is 6.31. The zero-order valence-corrected chi connectivity index (χ0v) is 11.6. The normalized spacial score (nSPS) is 17.9. The Morgan fingerprint density at radius 1 is 1.22 bits per heavy atom. The summed E-state index contributed by atoms with van der Waals surface area (Å²) < 4.78 is 5.06. The van der Waals surface area contributed by atoms with Gasteiger partial charge in [0.2, 0.25) is 0 Å². The van der Waals surface area contributed by atoms with Gasteiger partial charge >= 0.3 is 5.97 Å². The maximum absolute atomic E-state index is 11.6. The molecule has 1 fully saturated rings. The Hall–Kier alpha value is -0.610. The number of esters is 1. The number of likely N-dealkylation sites (tertiary alicyclic amines) is 1. The molecule has 0 aromatic rings. The molecule has 0 bridgehead atoms. The number of hydrogen-bond donors (Lipinski definition) is 1. The highest BCUT2D eigenvalue weighted by molar-refractivity contribution is 5.72. The first-order valence-corrected chi connectivity index (χ1v) is 7.27. The lowest BCUT2D eigenvalue weighted by Gasteiger charge is -2.30. The van der Waals surface area contributed by atoms with E-state index in [1.165, 1.54) is 12.8 Å². The Kier molecular flexibility index (Phi) is 8.01. The van der Waals surface area contributed by atoms with Gasteiger partial charge in [0.25, 0.3) is 0 Å². The van der Waals surface area contributed by atoms with E-state index in [0.29, 0.717) is 13.2 Å². The first kappa shape index (κ1) is 15.4. The second kappa shape index (κ2) is 9.34. The highest BCUT2D eigenvalue weighted by Gasteiger charge is 2.25. The lowest BCUT2D eigenvalue weighted by atomic mass is 9.97. The highest BCUT2D eigenvalue weighted by Crippen LogP contribution is 2.19. The van der Waals surface area contributed by atoms with Crippen LogP contribution in [-0.4, -0.2) is 48.8 Å². The minimum absolute atomic E-state index is 0.0138. The van der Waals surface area contributed by atoms with Crippen molar-refractivity contribution in [2.24, 2.45) is 5.92 Å². The van der Waals surface area contributed by atoms with Crippen LogP contribution in [0.2, 0.25) is 0 Å². The van der Waals surface area contributed by atoms with E-state index in [1.807, 2.05) is 6.92 Å². The van der Waals surface area contributed by atoms with Crippen LogP contribution in [0, 0.1) is 5.92 Å². The smallest absolute Gasteiger partial charge is 0.309 e. The highest BCUT2D eigenvalue weighted by atomic mass is 16.5. The SMILES string of the molecule is CCOC(=O)C1CCN(CCCCCCO)CC1. The van der Waals surface area contributed by atoms with E-state index in [-0.39, 0.29) is 11.9 Å². The first-order valence-electron chi connectivity index (χ1n) is 7.27.